The largest absolute Gasteiger partial charge is 0.398 e. The number of hydrogen-bond donors (Lipinski definition) is 1. The minimum Gasteiger partial charge on any atom is -0.398 e. The van der Waals surface area contributed by atoms with Gasteiger partial charge in [0.1, 0.15) is 5.82 Å². The molecule has 0 amide bonds. The second-order valence-corrected chi connectivity index (χ2v) is 5.61. The van der Waals surface area contributed by atoms with E-state index in [-0.39, 0.29) is 0 Å². The zero-order valence-electron chi connectivity index (χ0n) is 12.0. The number of aromatic nitrogens is 2. The molecule has 4 heteroatoms. The van der Waals surface area contributed by atoms with E-state index in [4.69, 9.17) is 22.3 Å². The lowest BCUT2D eigenvalue weighted by Gasteiger charge is -2.08. The summed E-state index contributed by atoms with van der Waals surface area (Å²) in [5, 5.41) is 0.598. The van der Waals surface area contributed by atoms with E-state index in [1.54, 1.807) is 0 Å². The molecule has 2 N–H and O–H groups in total. The fraction of sp³-hybridized carbons (Fsp3) is 0.235. The number of aryl methyl sites for hydroxylation is 1. The number of nitrogens with two attached hydrogens (primary N) is 1. The minimum absolute atomic E-state index is 0.598. The minimum atomic E-state index is 0.598. The number of halogens is 1. The summed E-state index contributed by atoms with van der Waals surface area (Å²) < 4.78 is 2.29. The Bertz CT molecular complexity index is 777. The molecule has 3 nitrogen and oxygen atoms in total. The highest BCUT2D eigenvalue weighted by atomic mass is 35.5. The van der Waals surface area contributed by atoms with Crippen molar-refractivity contribution in [2.24, 2.45) is 0 Å². The van der Waals surface area contributed by atoms with Crippen LogP contribution in [-0.2, 0) is 13.0 Å². The summed E-state index contributed by atoms with van der Waals surface area (Å²) in [4.78, 5) is 4.77. The first kappa shape index (κ1) is 14.0. The van der Waals surface area contributed by atoms with Crippen molar-refractivity contribution in [2.75, 3.05) is 5.73 Å². The Balaban J connectivity index is 2.02. The summed E-state index contributed by atoms with van der Waals surface area (Å²) in [6.07, 6.45) is 1.84. The maximum absolute atomic E-state index is 5.98. The van der Waals surface area contributed by atoms with Crippen LogP contribution < -0.4 is 5.73 Å². The molecule has 0 bridgehead atoms. The first-order valence-electron chi connectivity index (χ1n) is 7.17. The number of anilines is 1. The van der Waals surface area contributed by atoms with E-state index in [1.807, 2.05) is 24.3 Å². The molecule has 3 rings (SSSR count). The molecular weight excluding hydrogens is 282 g/mol. The van der Waals surface area contributed by atoms with Crippen molar-refractivity contribution in [3.63, 3.8) is 0 Å². The van der Waals surface area contributed by atoms with Gasteiger partial charge in [-0.1, -0.05) is 36.7 Å². The van der Waals surface area contributed by atoms with Crippen LogP contribution in [0.5, 0.6) is 0 Å². The first-order chi connectivity index (χ1) is 10.2. The molecule has 0 aliphatic heterocycles. The van der Waals surface area contributed by atoms with Crippen LogP contribution in [0.4, 0.5) is 5.69 Å². The van der Waals surface area contributed by atoms with E-state index in [9.17, 15) is 0 Å². The predicted octanol–water partition coefficient (Wildman–Crippen LogP) is 4.27. The van der Waals surface area contributed by atoms with E-state index < -0.39 is 0 Å². The molecule has 0 fully saturated rings. The summed E-state index contributed by atoms with van der Waals surface area (Å²) in [5.41, 5.74) is 9.87. The third-order valence-electron chi connectivity index (χ3n) is 3.60. The highest BCUT2D eigenvalue weighted by Gasteiger charge is 2.10. The fourth-order valence-electron chi connectivity index (χ4n) is 2.62. The molecular formula is C17H18ClN3. The Hall–Kier alpha value is -2.00. The van der Waals surface area contributed by atoms with E-state index in [2.05, 4.69) is 29.7 Å². The maximum Gasteiger partial charge on any atom is 0.114 e. The van der Waals surface area contributed by atoms with Crippen molar-refractivity contribution in [2.45, 2.75) is 26.3 Å². The third-order valence-corrected chi connectivity index (χ3v) is 3.95. The van der Waals surface area contributed by atoms with E-state index >= 15 is 0 Å². The Morgan fingerprint density at radius 1 is 1.19 bits per heavy atom. The molecule has 0 atom stereocenters. The van der Waals surface area contributed by atoms with Crippen LogP contribution in [0.25, 0.3) is 11.0 Å². The predicted molar refractivity (Wildman–Crippen MR) is 88.7 cm³/mol. The summed E-state index contributed by atoms with van der Waals surface area (Å²) in [7, 11) is 0. The number of hydrogen-bond acceptors (Lipinski definition) is 2. The lowest BCUT2D eigenvalue weighted by atomic mass is 10.1. The molecule has 0 aliphatic carbocycles. The molecule has 3 aromatic rings. The van der Waals surface area contributed by atoms with Crippen LogP contribution in [-0.4, -0.2) is 9.55 Å². The van der Waals surface area contributed by atoms with Crippen molar-refractivity contribution in [1.29, 1.82) is 0 Å². The van der Waals surface area contributed by atoms with Gasteiger partial charge >= 0.3 is 0 Å². The number of benzene rings is 2. The van der Waals surface area contributed by atoms with Gasteiger partial charge in [-0.15, -0.1) is 0 Å². The Morgan fingerprint density at radius 3 is 2.76 bits per heavy atom. The smallest absolute Gasteiger partial charge is 0.114 e. The molecule has 0 saturated heterocycles. The molecule has 0 aliphatic rings. The van der Waals surface area contributed by atoms with Gasteiger partial charge < -0.3 is 10.3 Å². The van der Waals surface area contributed by atoms with Crippen LogP contribution in [0.15, 0.2) is 42.5 Å². The number of nitrogens with zero attached hydrogens (tertiary/aromatic N) is 2. The Morgan fingerprint density at radius 2 is 2.00 bits per heavy atom. The highest BCUT2D eigenvalue weighted by Crippen LogP contribution is 2.23. The quantitative estimate of drug-likeness (QED) is 0.731. The summed E-state index contributed by atoms with van der Waals surface area (Å²) in [6, 6.07) is 14.0. The van der Waals surface area contributed by atoms with Gasteiger partial charge in [0.05, 0.1) is 21.7 Å². The maximum atomic E-state index is 5.98. The van der Waals surface area contributed by atoms with Gasteiger partial charge in [-0.2, -0.15) is 0 Å². The van der Waals surface area contributed by atoms with Crippen LogP contribution in [0, 0.1) is 0 Å². The van der Waals surface area contributed by atoms with Crippen LogP contribution in [0.1, 0.15) is 24.7 Å². The lowest BCUT2D eigenvalue weighted by molar-refractivity contribution is 0.664. The van der Waals surface area contributed by atoms with Crippen molar-refractivity contribution in [3.8, 4) is 0 Å². The average molecular weight is 300 g/mol. The van der Waals surface area contributed by atoms with Crippen molar-refractivity contribution in [1.82, 2.24) is 9.55 Å². The molecule has 2 aromatic carbocycles. The number of fused-ring (bicyclic) bond motifs is 1. The van der Waals surface area contributed by atoms with Gasteiger partial charge in [0.15, 0.2) is 0 Å². The number of para-hydroxylation sites is 2. The van der Waals surface area contributed by atoms with Crippen molar-refractivity contribution >= 4 is 28.3 Å². The molecule has 1 heterocycles. The molecule has 108 valence electrons. The monoisotopic (exact) mass is 299 g/mol. The number of nitrogen functional groups attached to an aromatic ring is 1. The second-order valence-electron chi connectivity index (χ2n) is 5.20. The standard InChI is InChI=1S/C17H18ClN3/c1-2-9-21-16-6-4-3-5-15(16)20-17(21)11-12-7-8-13(18)14(19)10-12/h3-8,10H,2,9,11,19H2,1H3. The van der Waals surface area contributed by atoms with Crippen molar-refractivity contribution < 1.29 is 0 Å². The molecule has 21 heavy (non-hydrogen) atoms. The van der Waals surface area contributed by atoms with Crippen LogP contribution in [0.3, 0.4) is 0 Å². The Labute approximate surface area is 129 Å². The molecule has 0 saturated carbocycles. The average Bonchev–Trinajstić information content (AvgIpc) is 2.81. The summed E-state index contributed by atoms with van der Waals surface area (Å²) in [5.74, 6) is 1.07. The number of imidazole rings is 1. The normalized spacial score (nSPS) is 11.1. The van der Waals surface area contributed by atoms with Gasteiger partial charge in [-0.05, 0) is 36.2 Å². The number of rotatable bonds is 4. The summed E-state index contributed by atoms with van der Waals surface area (Å²) >= 11 is 5.98. The van der Waals surface area contributed by atoms with Gasteiger partial charge in [0.2, 0.25) is 0 Å². The zero-order chi connectivity index (χ0) is 14.8. The topological polar surface area (TPSA) is 43.8 Å². The Kier molecular flexibility index (Phi) is 3.84. The van der Waals surface area contributed by atoms with Gasteiger partial charge in [0.25, 0.3) is 0 Å². The van der Waals surface area contributed by atoms with E-state index in [0.29, 0.717) is 10.7 Å². The van der Waals surface area contributed by atoms with Gasteiger partial charge in [-0.25, -0.2) is 4.98 Å². The highest BCUT2D eigenvalue weighted by molar-refractivity contribution is 6.33. The van der Waals surface area contributed by atoms with Crippen LogP contribution >= 0.6 is 11.6 Å². The lowest BCUT2D eigenvalue weighted by Crippen LogP contribution is -2.04. The first-order valence-corrected chi connectivity index (χ1v) is 7.55. The van der Waals surface area contributed by atoms with Gasteiger partial charge in [0, 0.05) is 13.0 Å². The fourth-order valence-corrected chi connectivity index (χ4v) is 2.74. The molecule has 1 aromatic heterocycles. The van der Waals surface area contributed by atoms with E-state index in [1.165, 1.54) is 5.52 Å². The SMILES string of the molecule is CCCn1c(Cc2ccc(Cl)c(N)c2)nc2ccccc21. The summed E-state index contributed by atoms with van der Waals surface area (Å²) in [6.45, 7) is 3.15. The molecule has 0 radical (unpaired) electrons. The third kappa shape index (κ3) is 2.74. The van der Waals surface area contributed by atoms with Gasteiger partial charge in [-0.3, -0.25) is 0 Å². The van der Waals surface area contributed by atoms with E-state index in [0.717, 1.165) is 36.3 Å². The molecule has 0 spiro atoms. The zero-order valence-corrected chi connectivity index (χ0v) is 12.8. The second kappa shape index (κ2) is 5.78. The van der Waals surface area contributed by atoms with Crippen molar-refractivity contribution in [3.05, 3.63) is 58.9 Å². The van der Waals surface area contributed by atoms with Crippen LogP contribution in [0.2, 0.25) is 5.02 Å². The molecule has 0 unspecified atom stereocenters.